The zero-order valence-electron chi connectivity index (χ0n) is 16.3. The molecule has 29 heavy (non-hydrogen) atoms. The van der Waals surface area contributed by atoms with Gasteiger partial charge in [-0.25, -0.2) is 4.39 Å². The van der Waals surface area contributed by atoms with Gasteiger partial charge in [-0.05, 0) is 37.3 Å². The van der Waals surface area contributed by atoms with E-state index in [9.17, 15) is 14.0 Å². The fourth-order valence-electron chi connectivity index (χ4n) is 3.49. The Kier molecular flexibility index (Phi) is 4.92. The van der Waals surface area contributed by atoms with Crippen LogP contribution in [0, 0.1) is 12.7 Å². The lowest BCUT2D eigenvalue weighted by atomic mass is 10.1. The van der Waals surface area contributed by atoms with Crippen molar-refractivity contribution >= 4 is 11.8 Å². The number of aromatic nitrogens is 2. The van der Waals surface area contributed by atoms with Crippen LogP contribution in [0.5, 0.6) is 0 Å². The van der Waals surface area contributed by atoms with Crippen LogP contribution < -0.4 is 0 Å². The molecule has 150 valence electrons. The zero-order valence-corrected chi connectivity index (χ0v) is 16.3. The summed E-state index contributed by atoms with van der Waals surface area (Å²) in [6, 6.07) is 9.75. The molecule has 2 amide bonds. The van der Waals surface area contributed by atoms with E-state index in [4.69, 9.17) is 4.42 Å². The highest BCUT2D eigenvalue weighted by molar-refractivity contribution is 5.94. The van der Waals surface area contributed by atoms with Crippen LogP contribution in [0.25, 0.3) is 11.3 Å². The molecule has 0 aliphatic carbocycles. The minimum atomic E-state index is -0.359. The smallest absolute Gasteiger partial charge is 0.289 e. The minimum absolute atomic E-state index is 0.183. The Labute approximate surface area is 167 Å². The highest BCUT2D eigenvalue weighted by Crippen LogP contribution is 2.25. The summed E-state index contributed by atoms with van der Waals surface area (Å²) in [7, 11) is 1.69. The first-order chi connectivity index (χ1) is 13.9. The number of benzene rings is 1. The summed E-state index contributed by atoms with van der Waals surface area (Å²) >= 11 is 0. The molecule has 3 aromatic rings. The van der Waals surface area contributed by atoms with Crippen molar-refractivity contribution in [3.63, 3.8) is 0 Å². The number of rotatable bonds is 3. The van der Waals surface area contributed by atoms with Crippen molar-refractivity contribution in [1.29, 1.82) is 0 Å². The third-order valence-electron chi connectivity index (χ3n) is 5.08. The van der Waals surface area contributed by atoms with Crippen LogP contribution >= 0.6 is 0 Å². The van der Waals surface area contributed by atoms with Gasteiger partial charge in [0.05, 0.1) is 12.0 Å². The number of piperazine rings is 1. The molecule has 2 aromatic heterocycles. The standard InChI is InChI=1S/C21H21FN4O3/c1-14-5-6-16(22)15(12-14)18-13-17(23-24(18)2)20(27)25-7-9-26(10-8-25)21(28)19-4-3-11-29-19/h3-6,11-13H,7-10H2,1-2H3. The third-order valence-corrected chi connectivity index (χ3v) is 5.08. The lowest BCUT2D eigenvalue weighted by Crippen LogP contribution is -2.50. The van der Waals surface area contributed by atoms with Gasteiger partial charge in [0.15, 0.2) is 11.5 Å². The molecule has 0 unspecified atom stereocenters. The van der Waals surface area contributed by atoms with Crippen molar-refractivity contribution in [2.24, 2.45) is 7.05 Å². The molecule has 0 N–H and O–H groups in total. The number of carbonyl (C=O) groups is 2. The molecule has 0 spiro atoms. The van der Waals surface area contributed by atoms with Crippen LogP contribution in [0.15, 0.2) is 47.1 Å². The molecule has 0 atom stereocenters. The van der Waals surface area contributed by atoms with Crippen molar-refractivity contribution in [2.75, 3.05) is 26.2 Å². The molecule has 4 rings (SSSR count). The maximum atomic E-state index is 14.3. The van der Waals surface area contributed by atoms with E-state index in [2.05, 4.69) is 5.10 Å². The van der Waals surface area contributed by atoms with Crippen molar-refractivity contribution in [3.05, 3.63) is 65.5 Å². The van der Waals surface area contributed by atoms with Crippen molar-refractivity contribution < 1.29 is 18.4 Å². The molecule has 8 heteroatoms. The molecule has 1 fully saturated rings. The highest BCUT2D eigenvalue weighted by atomic mass is 19.1. The first-order valence-corrected chi connectivity index (χ1v) is 9.36. The number of furan rings is 1. The van der Waals surface area contributed by atoms with Crippen molar-refractivity contribution in [2.45, 2.75) is 6.92 Å². The summed E-state index contributed by atoms with van der Waals surface area (Å²) in [4.78, 5) is 28.6. The van der Waals surface area contributed by atoms with E-state index in [1.54, 1.807) is 47.2 Å². The maximum Gasteiger partial charge on any atom is 0.289 e. The molecular formula is C21H21FN4O3. The first-order valence-electron chi connectivity index (χ1n) is 9.36. The quantitative estimate of drug-likeness (QED) is 0.683. The Balaban J connectivity index is 1.47. The van der Waals surface area contributed by atoms with Crippen LogP contribution in [-0.4, -0.2) is 57.6 Å². The molecule has 1 aliphatic rings. The van der Waals surface area contributed by atoms with E-state index in [0.717, 1.165) is 5.56 Å². The third kappa shape index (κ3) is 3.65. The van der Waals surface area contributed by atoms with Gasteiger partial charge >= 0.3 is 0 Å². The monoisotopic (exact) mass is 396 g/mol. The Morgan fingerprint density at radius 3 is 2.38 bits per heavy atom. The fraction of sp³-hybridized carbons (Fsp3) is 0.286. The van der Waals surface area contributed by atoms with Crippen molar-refractivity contribution in [1.82, 2.24) is 19.6 Å². The highest BCUT2D eigenvalue weighted by Gasteiger charge is 2.28. The van der Waals surface area contributed by atoms with Gasteiger partial charge in [0.2, 0.25) is 0 Å². The number of aryl methyl sites for hydroxylation is 2. The topological polar surface area (TPSA) is 71.6 Å². The summed E-state index contributed by atoms with van der Waals surface area (Å²) in [5.74, 6) is -0.482. The van der Waals surface area contributed by atoms with Crippen LogP contribution in [0.1, 0.15) is 26.6 Å². The second-order valence-corrected chi connectivity index (χ2v) is 7.08. The van der Waals surface area contributed by atoms with Crippen molar-refractivity contribution in [3.8, 4) is 11.3 Å². The summed E-state index contributed by atoms with van der Waals surface area (Å²) in [5.41, 5.74) is 2.14. The fourth-order valence-corrected chi connectivity index (χ4v) is 3.49. The molecule has 7 nitrogen and oxygen atoms in total. The number of hydrogen-bond donors (Lipinski definition) is 0. The minimum Gasteiger partial charge on any atom is -0.459 e. The molecule has 0 bridgehead atoms. The summed E-state index contributed by atoms with van der Waals surface area (Å²) in [5, 5.41) is 4.29. The number of carbonyl (C=O) groups excluding carboxylic acids is 2. The van der Waals surface area contributed by atoms with E-state index in [0.29, 0.717) is 43.2 Å². The molecule has 1 aromatic carbocycles. The number of halogens is 1. The van der Waals surface area contributed by atoms with Gasteiger partial charge < -0.3 is 14.2 Å². The molecule has 3 heterocycles. The molecule has 1 aliphatic heterocycles. The van der Waals surface area contributed by atoms with Gasteiger partial charge in [0, 0.05) is 38.8 Å². The number of amides is 2. The Hall–Kier alpha value is -3.42. The van der Waals surface area contributed by atoms with E-state index >= 15 is 0 Å². The van der Waals surface area contributed by atoms with Crippen LogP contribution in [-0.2, 0) is 7.05 Å². The second-order valence-electron chi connectivity index (χ2n) is 7.08. The largest absolute Gasteiger partial charge is 0.459 e. The van der Waals surface area contributed by atoms with E-state index in [1.165, 1.54) is 17.0 Å². The molecule has 0 saturated carbocycles. The average Bonchev–Trinajstić information content (AvgIpc) is 3.39. The lowest BCUT2D eigenvalue weighted by molar-refractivity contribution is 0.0515. The van der Waals surface area contributed by atoms with E-state index in [1.807, 2.05) is 6.92 Å². The molecule has 1 saturated heterocycles. The predicted octanol–water partition coefficient (Wildman–Crippen LogP) is 2.73. The van der Waals surface area contributed by atoms with Crippen LogP contribution in [0.4, 0.5) is 4.39 Å². The van der Waals surface area contributed by atoms with Gasteiger partial charge in [-0.1, -0.05) is 11.6 Å². The van der Waals surface area contributed by atoms with E-state index in [-0.39, 0.29) is 23.3 Å². The summed E-state index contributed by atoms with van der Waals surface area (Å²) in [6.07, 6.45) is 1.46. The Morgan fingerprint density at radius 1 is 1.03 bits per heavy atom. The van der Waals surface area contributed by atoms with Gasteiger partial charge in [0.1, 0.15) is 5.82 Å². The normalized spacial score (nSPS) is 14.3. The maximum absolute atomic E-state index is 14.3. The predicted molar refractivity (Wildman–Crippen MR) is 104 cm³/mol. The Bertz CT molecular complexity index is 1050. The first kappa shape index (κ1) is 18.9. The summed E-state index contributed by atoms with van der Waals surface area (Å²) < 4.78 is 20.9. The van der Waals surface area contributed by atoms with Gasteiger partial charge in [-0.2, -0.15) is 5.10 Å². The SMILES string of the molecule is Cc1ccc(F)c(-c2cc(C(=O)N3CCN(C(=O)c4ccco4)CC3)nn2C)c1. The second kappa shape index (κ2) is 7.54. The Morgan fingerprint density at radius 2 is 1.72 bits per heavy atom. The van der Waals surface area contributed by atoms with Gasteiger partial charge in [-0.15, -0.1) is 0 Å². The number of nitrogens with zero attached hydrogens (tertiary/aromatic N) is 4. The zero-order chi connectivity index (χ0) is 20.5. The number of hydrogen-bond acceptors (Lipinski definition) is 4. The average molecular weight is 396 g/mol. The van der Waals surface area contributed by atoms with Crippen LogP contribution in [0.2, 0.25) is 0 Å². The summed E-state index contributed by atoms with van der Waals surface area (Å²) in [6.45, 7) is 3.51. The van der Waals surface area contributed by atoms with Crippen LogP contribution in [0.3, 0.4) is 0 Å². The molecule has 0 radical (unpaired) electrons. The van der Waals surface area contributed by atoms with Gasteiger partial charge in [-0.3, -0.25) is 14.3 Å². The van der Waals surface area contributed by atoms with Gasteiger partial charge in [0.25, 0.3) is 11.8 Å². The van der Waals surface area contributed by atoms with E-state index < -0.39 is 0 Å². The molecular weight excluding hydrogens is 375 g/mol. The lowest BCUT2D eigenvalue weighted by Gasteiger charge is -2.33.